The van der Waals surface area contributed by atoms with E-state index in [-0.39, 0.29) is 0 Å². The standard InChI is InChI=1S/C15H22N4OS/c1-10-4-6-15(20,7-5-10)9-21-14-17-13-16-11(2)8-12(3)19(13)18-14/h8,10,20H,4-7,9H2,1-3H3. The van der Waals surface area contributed by atoms with Crippen molar-refractivity contribution in [3.05, 3.63) is 17.5 Å². The number of nitrogens with zero attached hydrogens (tertiary/aromatic N) is 4. The zero-order chi connectivity index (χ0) is 15.0. The van der Waals surface area contributed by atoms with E-state index < -0.39 is 5.60 Å². The second kappa shape index (κ2) is 5.57. The Bertz CT molecular complexity index is 646. The monoisotopic (exact) mass is 306 g/mol. The summed E-state index contributed by atoms with van der Waals surface area (Å²) in [5.41, 5.74) is 1.42. The molecule has 5 nitrogen and oxygen atoms in total. The quantitative estimate of drug-likeness (QED) is 0.883. The van der Waals surface area contributed by atoms with Crippen LogP contribution in [0.1, 0.15) is 44.0 Å². The average molecular weight is 306 g/mol. The third-order valence-electron chi connectivity index (χ3n) is 4.27. The van der Waals surface area contributed by atoms with Crippen LogP contribution in [0.4, 0.5) is 0 Å². The van der Waals surface area contributed by atoms with E-state index in [4.69, 9.17) is 0 Å². The summed E-state index contributed by atoms with van der Waals surface area (Å²) in [6, 6.07) is 1.99. The lowest BCUT2D eigenvalue weighted by atomic mass is 9.81. The molecular weight excluding hydrogens is 284 g/mol. The molecule has 0 aliphatic heterocycles. The van der Waals surface area contributed by atoms with E-state index >= 15 is 0 Å². The fourth-order valence-corrected chi connectivity index (χ4v) is 3.82. The minimum absolute atomic E-state index is 0.562. The first-order valence-electron chi connectivity index (χ1n) is 7.51. The van der Waals surface area contributed by atoms with Crippen LogP contribution < -0.4 is 0 Å². The SMILES string of the molecule is Cc1cc(C)n2nc(SCC3(O)CCC(C)CC3)nc2n1. The van der Waals surface area contributed by atoms with Crippen LogP contribution in [-0.4, -0.2) is 36.0 Å². The molecule has 114 valence electrons. The first-order valence-corrected chi connectivity index (χ1v) is 8.50. The van der Waals surface area contributed by atoms with Crippen LogP contribution in [0.15, 0.2) is 11.2 Å². The fourth-order valence-electron chi connectivity index (χ4n) is 2.85. The number of rotatable bonds is 3. The largest absolute Gasteiger partial charge is 0.389 e. The van der Waals surface area contributed by atoms with Gasteiger partial charge < -0.3 is 5.11 Å². The summed E-state index contributed by atoms with van der Waals surface area (Å²) in [4.78, 5) is 8.85. The van der Waals surface area contributed by atoms with E-state index in [2.05, 4.69) is 22.0 Å². The Kier molecular flexibility index (Phi) is 3.92. The van der Waals surface area contributed by atoms with E-state index in [9.17, 15) is 5.11 Å². The Hall–Kier alpha value is -1.14. The summed E-state index contributed by atoms with van der Waals surface area (Å²) in [5.74, 6) is 2.03. The van der Waals surface area contributed by atoms with Gasteiger partial charge in [0.1, 0.15) is 0 Å². The fraction of sp³-hybridized carbons (Fsp3) is 0.667. The van der Waals surface area contributed by atoms with Crippen molar-refractivity contribution in [2.75, 3.05) is 5.75 Å². The van der Waals surface area contributed by atoms with Gasteiger partial charge in [-0.15, -0.1) is 5.10 Å². The molecule has 2 aromatic rings. The van der Waals surface area contributed by atoms with Crippen molar-refractivity contribution in [2.45, 2.75) is 57.2 Å². The molecule has 2 heterocycles. The lowest BCUT2D eigenvalue weighted by molar-refractivity contribution is 0.0150. The molecule has 1 fully saturated rings. The van der Waals surface area contributed by atoms with Crippen molar-refractivity contribution in [1.29, 1.82) is 0 Å². The molecule has 1 N–H and O–H groups in total. The minimum atomic E-state index is -0.562. The summed E-state index contributed by atoms with van der Waals surface area (Å²) in [6.45, 7) is 6.22. The third kappa shape index (κ3) is 3.21. The molecular formula is C15H22N4OS. The minimum Gasteiger partial charge on any atom is -0.389 e. The van der Waals surface area contributed by atoms with Crippen molar-refractivity contribution >= 4 is 17.5 Å². The first kappa shape index (κ1) is 14.8. The predicted molar refractivity (Wildman–Crippen MR) is 83.6 cm³/mol. The maximum absolute atomic E-state index is 10.6. The zero-order valence-corrected chi connectivity index (χ0v) is 13.7. The number of thioether (sulfide) groups is 1. The Morgan fingerprint density at radius 3 is 2.76 bits per heavy atom. The smallest absolute Gasteiger partial charge is 0.253 e. The van der Waals surface area contributed by atoms with Crippen LogP contribution in [0.5, 0.6) is 0 Å². The van der Waals surface area contributed by atoms with Crippen molar-refractivity contribution in [2.24, 2.45) is 5.92 Å². The van der Waals surface area contributed by atoms with Gasteiger partial charge in [-0.2, -0.15) is 4.98 Å². The molecule has 1 aliphatic carbocycles. The number of hydrogen-bond donors (Lipinski definition) is 1. The molecule has 2 aromatic heterocycles. The highest BCUT2D eigenvalue weighted by atomic mass is 32.2. The van der Waals surface area contributed by atoms with Crippen molar-refractivity contribution in [3.63, 3.8) is 0 Å². The number of aryl methyl sites for hydroxylation is 2. The topological polar surface area (TPSA) is 63.3 Å². The van der Waals surface area contributed by atoms with Gasteiger partial charge >= 0.3 is 0 Å². The van der Waals surface area contributed by atoms with Gasteiger partial charge in [-0.25, -0.2) is 9.50 Å². The highest BCUT2D eigenvalue weighted by molar-refractivity contribution is 7.99. The van der Waals surface area contributed by atoms with Gasteiger partial charge in [0.25, 0.3) is 5.78 Å². The Balaban J connectivity index is 1.72. The van der Waals surface area contributed by atoms with Gasteiger partial charge in [0.15, 0.2) is 0 Å². The zero-order valence-electron chi connectivity index (χ0n) is 12.8. The molecule has 21 heavy (non-hydrogen) atoms. The van der Waals surface area contributed by atoms with Gasteiger partial charge in [0.05, 0.1) is 5.60 Å². The molecule has 0 radical (unpaired) electrons. The van der Waals surface area contributed by atoms with Crippen LogP contribution in [0.2, 0.25) is 0 Å². The van der Waals surface area contributed by atoms with Crippen LogP contribution in [0.25, 0.3) is 5.78 Å². The molecule has 0 spiro atoms. The van der Waals surface area contributed by atoms with E-state index in [0.29, 0.717) is 16.7 Å². The molecule has 0 bridgehead atoms. The molecule has 1 aliphatic rings. The van der Waals surface area contributed by atoms with Crippen LogP contribution >= 0.6 is 11.8 Å². The number of aromatic nitrogens is 4. The first-order chi connectivity index (χ1) is 9.95. The number of fused-ring (bicyclic) bond motifs is 1. The van der Waals surface area contributed by atoms with Crippen LogP contribution in [0.3, 0.4) is 0 Å². The molecule has 1 saturated carbocycles. The van der Waals surface area contributed by atoms with Crippen LogP contribution in [0, 0.1) is 19.8 Å². The van der Waals surface area contributed by atoms with Crippen molar-refractivity contribution < 1.29 is 5.11 Å². The van der Waals surface area contributed by atoms with Gasteiger partial charge in [0.2, 0.25) is 5.16 Å². The average Bonchev–Trinajstić information content (AvgIpc) is 2.84. The van der Waals surface area contributed by atoms with Crippen LogP contribution in [-0.2, 0) is 0 Å². The summed E-state index contributed by atoms with van der Waals surface area (Å²) in [6.07, 6.45) is 3.97. The lowest BCUT2D eigenvalue weighted by Gasteiger charge is -2.34. The van der Waals surface area contributed by atoms with E-state index in [1.165, 1.54) is 11.8 Å². The number of aliphatic hydroxyl groups is 1. The normalized spacial score (nSPS) is 26.4. The van der Waals surface area contributed by atoms with E-state index in [1.807, 2.05) is 19.9 Å². The van der Waals surface area contributed by atoms with Crippen molar-refractivity contribution in [3.8, 4) is 0 Å². The highest BCUT2D eigenvalue weighted by Crippen LogP contribution is 2.35. The molecule has 0 aromatic carbocycles. The lowest BCUT2D eigenvalue weighted by Crippen LogP contribution is -2.36. The summed E-state index contributed by atoms with van der Waals surface area (Å²) in [7, 11) is 0. The molecule has 0 atom stereocenters. The summed E-state index contributed by atoms with van der Waals surface area (Å²) < 4.78 is 1.77. The highest BCUT2D eigenvalue weighted by Gasteiger charge is 2.32. The third-order valence-corrected chi connectivity index (χ3v) is 5.39. The Morgan fingerprint density at radius 2 is 2.05 bits per heavy atom. The van der Waals surface area contributed by atoms with E-state index in [1.54, 1.807) is 4.52 Å². The maximum Gasteiger partial charge on any atom is 0.253 e. The van der Waals surface area contributed by atoms with Gasteiger partial charge in [0, 0.05) is 17.1 Å². The molecule has 0 saturated heterocycles. The van der Waals surface area contributed by atoms with Gasteiger partial charge in [-0.1, -0.05) is 18.7 Å². The number of hydrogen-bond acceptors (Lipinski definition) is 5. The van der Waals surface area contributed by atoms with E-state index in [0.717, 1.165) is 43.0 Å². The second-order valence-corrected chi connectivity index (χ2v) is 7.28. The second-order valence-electron chi connectivity index (χ2n) is 6.34. The van der Waals surface area contributed by atoms with Crippen molar-refractivity contribution in [1.82, 2.24) is 19.6 Å². The Labute approximate surface area is 129 Å². The molecule has 0 unspecified atom stereocenters. The summed E-state index contributed by atoms with van der Waals surface area (Å²) >= 11 is 1.53. The molecule has 0 amide bonds. The molecule has 3 rings (SSSR count). The maximum atomic E-state index is 10.6. The molecule has 6 heteroatoms. The van der Waals surface area contributed by atoms with Gasteiger partial charge in [-0.05, 0) is 51.5 Å². The van der Waals surface area contributed by atoms with Gasteiger partial charge in [-0.3, -0.25) is 0 Å². The Morgan fingerprint density at radius 1 is 1.33 bits per heavy atom. The predicted octanol–water partition coefficient (Wildman–Crippen LogP) is 2.77. The summed E-state index contributed by atoms with van der Waals surface area (Å²) in [5, 5.41) is 15.8.